The van der Waals surface area contributed by atoms with E-state index in [0.29, 0.717) is 44.6 Å². The van der Waals surface area contributed by atoms with Crippen LogP contribution >= 0.6 is 23.2 Å². The molecule has 0 aliphatic heterocycles. The summed E-state index contributed by atoms with van der Waals surface area (Å²) < 4.78 is 6.06. The summed E-state index contributed by atoms with van der Waals surface area (Å²) in [6.07, 6.45) is -0.177. The fourth-order valence-electron chi connectivity index (χ4n) is 3.41. The summed E-state index contributed by atoms with van der Waals surface area (Å²) in [5, 5.41) is 11.0. The first kappa shape index (κ1) is 19.4. The van der Waals surface area contributed by atoms with Gasteiger partial charge in [0.05, 0.1) is 17.1 Å². The number of aromatic nitrogens is 1. The van der Waals surface area contributed by atoms with Gasteiger partial charge in [-0.15, -0.1) is 0 Å². The van der Waals surface area contributed by atoms with Crippen LogP contribution in [0.2, 0.25) is 10.0 Å². The molecule has 0 bridgehead atoms. The first-order valence-electron chi connectivity index (χ1n) is 9.00. The summed E-state index contributed by atoms with van der Waals surface area (Å²) in [4.78, 5) is 14.8. The minimum absolute atomic E-state index is 0.177. The van der Waals surface area contributed by atoms with Gasteiger partial charge in [0.15, 0.2) is 0 Å². The van der Waals surface area contributed by atoms with Crippen LogP contribution in [0.25, 0.3) is 22.2 Å². The molecular formula is C23H17Cl2NO3. The Morgan fingerprint density at radius 3 is 2.48 bits per heavy atom. The van der Waals surface area contributed by atoms with Gasteiger partial charge in [-0.1, -0.05) is 65.7 Å². The number of hydrogen-bond acceptors (Lipinski definition) is 2. The van der Waals surface area contributed by atoms with Crippen LogP contribution in [0.15, 0.2) is 66.7 Å². The van der Waals surface area contributed by atoms with Crippen LogP contribution in [0.1, 0.15) is 11.1 Å². The second kappa shape index (κ2) is 8.19. The molecule has 4 aromatic rings. The Balaban J connectivity index is 1.82. The molecule has 0 aliphatic carbocycles. The summed E-state index contributed by atoms with van der Waals surface area (Å²) in [6, 6.07) is 20.7. The number of aromatic amines is 1. The molecule has 4 rings (SSSR count). The van der Waals surface area contributed by atoms with Crippen molar-refractivity contribution in [2.45, 2.75) is 13.0 Å². The van der Waals surface area contributed by atoms with E-state index < -0.39 is 5.97 Å². The van der Waals surface area contributed by atoms with Crippen LogP contribution in [-0.2, 0) is 17.8 Å². The molecule has 4 nitrogen and oxygen atoms in total. The van der Waals surface area contributed by atoms with E-state index in [4.69, 9.17) is 27.9 Å². The molecule has 1 aromatic heterocycles. The van der Waals surface area contributed by atoms with Gasteiger partial charge in [-0.25, -0.2) is 0 Å². The van der Waals surface area contributed by atoms with Crippen molar-refractivity contribution in [2.24, 2.45) is 0 Å². The van der Waals surface area contributed by atoms with Gasteiger partial charge in [0.25, 0.3) is 0 Å². The van der Waals surface area contributed by atoms with E-state index in [1.54, 1.807) is 12.1 Å². The Bertz CT molecular complexity index is 1190. The molecule has 0 radical (unpaired) electrons. The van der Waals surface area contributed by atoms with Crippen LogP contribution in [-0.4, -0.2) is 16.1 Å². The van der Waals surface area contributed by atoms with E-state index in [1.165, 1.54) is 0 Å². The Morgan fingerprint density at radius 2 is 1.72 bits per heavy atom. The molecule has 0 atom stereocenters. The quantitative estimate of drug-likeness (QED) is 0.378. The number of H-pyrrole nitrogens is 1. The van der Waals surface area contributed by atoms with Gasteiger partial charge in [0.1, 0.15) is 12.4 Å². The summed E-state index contributed by atoms with van der Waals surface area (Å²) in [5.74, 6) is -0.294. The molecular weight excluding hydrogens is 409 g/mol. The summed E-state index contributed by atoms with van der Waals surface area (Å²) in [5.41, 5.74) is 3.76. The number of aliphatic carboxylic acids is 1. The number of fused-ring (bicyclic) bond motifs is 1. The Morgan fingerprint density at radius 1 is 1.00 bits per heavy atom. The van der Waals surface area contributed by atoms with E-state index in [9.17, 15) is 9.90 Å². The number of para-hydroxylation sites is 1. The van der Waals surface area contributed by atoms with Crippen molar-refractivity contribution in [3.8, 4) is 17.0 Å². The van der Waals surface area contributed by atoms with E-state index in [0.717, 1.165) is 11.1 Å². The highest BCUT2D eigenvalue weighted by atomic mass is 35.5. The Kier molecular flexibility index (Phi) is 5.47. The normalized spacial score (nSPS) is 11.0. The molecule has 1 heterocycles. The zero-order chi connectivity index (χ0) is 20.4. The third-order valence-electron chi connectivity index (χ3n) is 4.64. The van der Waals surface area contributed by atoms with Crippen molar-refractivity contribution in [3.05, 3.63) is 87.9 Å². The molecule has 2 N–H and O–H groups in total. The Hall–Kier alpha value is -2.95. The van der Waals surface area contributed by atoms with Gasteiger partial charge < -0.3 is 14.8 Å². The minimum Gasteiger partial charge on any atom is -0.488 e. The molecule has 29 heavy (non-hydrogen) atoms. The molecule has 0 spiro atoms. The summed E-state index contributed by atoms with van der Waals surface area (Å²) >= 11 is 12.5. The predicted octanol–water partition coefficient (Wildman–Crippen LogP) is 6.35. The predicted molar refractivity (Wildman–Crippen MR) is 116 cm³/mol. The molecule has 0 fully saturated rings. The standard InChI is InChI=1S/C23H17Cl2NO3/c24-15-10-18(25)22-17(12-21(27)28)23(26-19(22)11-15)16-8-4-5-9-20(16)29-13-14-6-2-1-3-7-14/h1-11,26H,12-13H2,(H,27,28). The first-order valence-corrected chi connectivity index (χ1v) is 9.76. The SMILES string of the molecule is O=C(O)Cc1c(-c2ccccc2OCc2ccccc2)[nH]c2cc(Cl)cc(Cl)c12. The average molecular weight is 426 g/mol. The van der Waals surface area contributed by atoms with E-state index in [2.05, 4.69) is 4.98 Å². The molecule has 0 saturated carbocycles. The highest BCUT2D eigenvalue weighted by Gasteiger charge is 2.21. The number of rotatable bonds is 6. The summed E-state index contributed by atoms with van der Waals surface area (Å²) in [7, 11) is 0. The second-order valence-electron chi connectivity index (χ2n) is 6.63. The maximum Gasteiger partial charge on any atom is 0.307 e. The lowest BCUT2D eigenvalue weighted by Gasteiger charge is -2.12. The van der Waals surface area contributed by atoms with Crippen molar-refractivity contribution in [2.75, 3.05) is 0 Å². The Labute approximate surface area is 177 Å². The van der Waals surface area contributed by atoms with Crippen LogP contribution in [0, 0.1) is 0 Å². The van der Waals surface area contributed by atoms with Gasteiger partial charge in [-0.2, -0.15) is 0 Å². The molecule has 6 heteroatoms. The van der Waals surface area contributed by atoms with Crippen LogP contribution in [0.5, 0.6) is 5.75 Å². The monoisotopic (exact) mass is 425 g/mol. The molecule has 0 aliphatic rings. The third kappa shape index (κ3) is 4.09. The highest BCUT2D eigenvalue weighted by molar-refractivity contribution is 6.39. The van der Waals surface area contributed by atoms with Gasteiger partial charge in [-0.05, 0) is 35.4 Å². The number of carboxylic acid groups (broad SMARTS) is 1. The van der Waals surface area contributed by atoms with Crippen LogP contribution in [0.4, 0.5) is 0 Å². The minimum atomic E-state index is -0.944. The lowest BCUT2D eigenvalue weighted by molar-refractivity contribution is -0.136. The van der Waals surface area contributed by atoms with Crippen molar-refractivity contribution < 1.29 is 14.6 Å². The van der Waals surface area contributed by atoms with Crippen LogP contribution in [0.3, 0.4) is 0 Å². The van der Waals surface area contributed by atoms with Gasteiger partial charge in [0, 0.05) is 21.5 Å². The molecule has 146 valence electrons. The largest absolute Gasteiger partial charge is 0.488 e. The zero-order valence-electron chi connectivity index (χ0n) is 15.3. The highest BCUT2D eigenvalue weighted by Crippen LogP contribution is 2.40. The fraction of sp³-hybridized carbons (Fsp3) is 0.0870. The van der Waals surface area contributed by atoms with Gasteiger partial charge in [-0.3, -0.25) is 4.79 Å². The number of carbonyl (C=O) groups is 1. The molecule has 0 amide bonds. The number of nitrogens with one attached hydrogen (secondary N) is 1. The average Bonchev–Trinajstić information content (AvgIpc) is 3.05. The maximum absolute atomic E-state index is 11.6. The smallest absolute Gasteiger partial charge is 0.307 e. The van der Waals surface area contributed by atoms with Crippen molar-refractivity contribution in [1.82, 2.24) is 4.98 Å². The van der Waals surface area contributed by atoms with Gasteiger partial charge in [0.2, 0.25) is 0 Å². The fourth-order valence-corrected chi connectivity index (χ4v) is 4.01. The summed E-state index contributed by atoms with van der Waals surface area (Å²) in [6.45, 7) is 0.402. The third-order valence-corrected chi connectivity index (χ3v) is 5.16. The van der Waals surface area contributed by atoms with Crippen molar-refractivity contribution in [1.29, 1.82) is 0 Å². The molecule has 0 saturated heterocycles. The van der Waals surface area contributed by atoms with E-state index >= 15 is 0 Å². The first-order chi connectivity index (χ1) is 14.0. The van der Waals surface area contributed by atoms with Crippen LogP contribution < -0.4 is 4.74 Å². The lowest BCUT2D eigenvalue weighted by atomic mass is 10.0. The number of ether oxygens (including phenoxy) is 1. The van der Waals surface area contributed by atoms with E-state index in [-0.39, 0.29) is 6.42 Å². The molecule has 0 unspecified atom stereocenters. The maximum atomic E-state index is 11.6. The van der Waals surface area contributed by atoms with Gasteiger partial charge >= 0.3 is 5.97 Å². The van der Waals surface area contributed by atoms with E-state index in [1.807, 2.05) is 54.6 Å². The topological polar surface area (TPSA) is 62.3 Å². The number of benzene rings is 3. The zero-order valence-corrected chi connectivity index (χ0v) is 16.8. The second-order valence-corrected chi connectivity index (χ2v) is 7.47. The number of halogens is 2. The number of hydrogen-bond donors (Lipinski definition) is 2. The lowest BCUT2D eigenvalue weighted by Crippen LogP contribution is -2.02. The van der Waals surface area contributed by atoms with Crippen molar-refractivity contribution >= 4 is 40.1 Å². The molecule has 3 aromatic carbocycles. The number of carboxylic acids is 1. The van der Waals surface area contributed by atoms with Crippen molar-refractivity contribution in [3.63, 3.8) is 0 Å².